The van der Waals surface area contributed by atoms with Gasteiger partial charge in [-0.15, -0.1) is 0 Å². The van der Waals surface area contributed by atoms with Gasteiger partial charge < -0.3 is 15.2 Å². The summed E-state index contributed by atoms with van der Waals surface area (Å²) in [4.78, 5) is 39.6. The summed E-state index contributed by atoms with van der Waals surface area (Å²) in [5.41, 5.74) is 9.89. The average Bonchev–Trinajstić information content (AvgIpc) is 3.00. The lowest BCUT2D eigenvalue weighted by Crippen LogP contribution is -2.52. The van der Waals surface area contributed by atoms with Gasteiger partial charge in [-0.2, -0.15) is 0 Å². The number of rotatable bonds is 3. The van der Waals surface area contributed by atoms with Gasteiger partial charge in [-0.3, -0.25) is 14.5 Å². The second kappa shape index (κ2) is 8.98. The predicted molar refractivity (Wildman–Crippen MR) is 123 cm³/mol. The van der Waals surface area contributed by atoms with E-state index in [9.17, 15) is 14.4 Å². The molecule has 1 aliphatic heterocycles. The van der Waals surface area contributed by atoms with Gasteiger partial charge in [0, 0.05) is 12.5 Å². The molecule has 0 bridgehead atoms. The SMILES string of the molecule is CC(C)(C)OC(=O)C1CCCN(C(=O)OCC2c3ccccc3-c3ccccc32)C(N)C1=O. The van der Waals surface area contributed by atoms with Crippen LogP contribution in [-0.4, -0.2) is 47.7 Å². The molecule has 2 N–H and O–H groups in total. The van der Waals surface area contributed by atoms with Crippen LogP contribution in [0.25, 0.3) is 11.1 Å². The van der Waals surface area contributed by atoms with Gasteiger partial charge in [0.15, 0.2) is 5.78 Å². The molecule has 0 radical (unpaired) electrons. The number of esters is 1. The van der Waals surface area contributed by atoms with Crippen molar-refractivity contribution in [3.8, 4) is 11.1 Å². The average molecular weight is 451 g/mol. The number of carbonyl (C=O) groups excluding carboxylic acids is 3. The first kappa shape index (κ1) is 23.0. The van der Waals surface area contributed by atoms with Gasteiger partial charge in [-0.05, 0) is 55.9 Å². The highest BCUT2D eigenvalue weighted by Gasteiger charge is 2.41. The number of nitrogens with zero attached hydrogens (tertiary/aromatic N) is 1. The fourth-order valence-electron chi connectivity index (χ4n) is 4.60. The smallest absolute Gasteiger partial charge is 0.411 e. The number of carbonyl (C=O) groups is 3. The molecule has 0 aromatic heterocycles. The number of fused-ring (bicyclic) bond motifs is 3. The Bertz CT molecular complexity index is 1030. The molecule has 1 heterocycles. The van der Waals surface area contributed by atoms with Crippen LogP contribution < -0.4 is 5.73 Å². The standard InChI is InChI=1S/C26H30N2O5/c1-26(2,3)33-24(30)20-13-8-14-28(23(27)22(20)29)25(31)32-15-21-18-11-6-4-9-16(18)17-10-5-7-12-19(17)21/h4-7,9-12,20-21,23H,8,13-15,27H2,1-3H3. The summed E-state index contributed by atoms with van der Waals surface area (Å²) in [5, 5.41) is 0. The van der Waals surface area contributed by atoms with Gasteiger partial charge in [0.05, 0.1) is 0 Å². The maximum atomic E-state index is 12.9. The second-order valence-electron chi connectivity index (χ2n) is 9.57. The topological polar surface area (TPSA) is 98.9 Å². The quantitative estimate of drug-likeness (QED) is 0.563. The van der Waals surface area contributed by atoms with Crippen LogP contribution in [0.15, 0.2) is 48.5 Å². The highest BCUT2D eigenvalue weighted by atomic mass is 16.6. The first-order chi connectivity index (χ1) is 15.7. The molecule has 7 heteroatoms. The molecule has 2 aromatic carbocycles. The Labute approximate surface area is 193 Å². The second-order valence-corrected chi connectivity index (χ2v) is 9.57. The number of nitrogens with two attached hydrogens (primary N) is 1. The molecule has 2 aromatic rings. The van der Waals surface area contributed by atoms with Gasteiger partial charge in [-0.1, -0.05) is 48.5 Å². The number of amides is 1. The lowest BCUT2D eigenvalue weighted by atomic mass is 9.98. The van der Waals surface area contributed by atoms with E-state index in [0.29, 0.717) is 6.42 Å². The number of hydrogen-bond donors (Lipinski definition) is 1. The third-order valence-electron chi connectivity index (χ3n) is 6.12. The van der Waals surface area contributed by atoms with Gasteiger partial charge in [0.2, 0.25) is 0 Å². The van der Waals surface area contributed by atoms with Gasteiger partial charge in [0.1, 0.15) is 24.3 Å². The number of ether oxygens (including phenoxy) is 2. The van der Waals surface area contributed by atoms with E-state index in [4.69, 9.17) is 15.2 Å². The molecule has 1 amide bonds. The van der Waals surface area contributed by atoms with Crippen molar-refractivity contribution < 1.29 is 23.9 Å². The third kappa shape index (κ3) is 4.64. The molecular weight excluding hydrogens is 420 g/mol. The summed E-state index contributed by atoms with van der Waals surface area (Å²) < 4.78 is 11.0. The normalized spacial score (nSPS) is 20.6. The van der Waals surface area contributed by atoms with E-state index in [0.717, 1.165) is 22.3 Å². The van der Waals surface area contributed by atoms with Crippen molar-refractivity contribution in [1.82, 2.24) is 4.90 Å². The Balaban J connectivity index is 1.45. The van der Waals surface area contributed by atoms with Crippen molar-refractivity contribution in [1.29, 1.82) is 0 Å². The predicted octanol–water partition coefficient (Wildman–Crippen LogP) is 3.84. The monoisotopic (exact) mass is 450 g/mol. The number of benzene rings is 2. The van der Waals surface area contributed by atoms with E-state index < -0.39 is 35.5 Å². The van der Waals surface area contributed by atoms with E-state index in [1.54, 1.807) is 20.8 Å². The molecule has 33 heavy (non-hydrogen) atoms. The summed E-state index contributed by atoms with van der Waals surface area (Å²) in [5.74, 6) is -2.19. The van der Waals surface area contributed by atoms with E-state index >= 15 is 0 Å². The summed E-state index contributed by atoms with van der Waals surface area (Å²) in [6.07, 6.45) is -1.16. The molecule has 174 valence electrons. The zero-order valence-corrected chi connectivity index (χ0v) is 19.2. The minimum absolute atomic E-state index is 0.0882. The minimum Gasteiger partial charge on any atom is -0.459 e. The zero-order chi connectivity index (χ0) is 23.8. The van der Waals surface area contributed by atoms with Gasteiger partial charge in [-0.25, -0.2) is 4.79 Å². The van der Waals surface area contributed by atoms with Crippen molar-refractivity contribution >= 4 is 17.8 Å². The van der Waals surface area contributed by atoms with Crippen LogP contribution >= 0.6 is 0 Å². The van der Waals surface area contributed by atoms with E-state index in [-0.39, 0.29) is 25.5 Å². The summed E-state index contributed by atoms with van der Waals surface area (Å²) in [6.45, 7) is 5.61. The number of likely N-dealkylation sites (tertiary alicyclic amines) is 1. The zero-order valence-electron chi connectivity index (χ0n) is 19.2. The van der Waals surface area contributed by atoms with Crippen LogP contribution in [0.2, 0.25) is 0 Å². The molecule has 0 spiro atoms. The van der Waals surface area contributed by atoms with Crippen molar-refractivity contribution in [2.45, 2.75) is 51.3 Å². The third-order valence-corrected chi connectivity index (χ3v) is 6.12. The van der Waals surface area contributed by atoms with Crippen LogP contribution in [0.5, 0.6) is 0 Å². The molecule has 2 aliphatic rings. The summed E-state index contributed by atoms with van der Waals surface area (Å²) in [7, 11) is 0. The number of ketones is 1. The number of Topliss-reactive ketones (excluding diaryl/α,β-unsaturated/α-hetero) is 1. The molecule has 2 unspecified atom stereocenters. The highest BCUT2D eigenvalue weighted by Crippen LogP contribution is 2.44. The molecule has 1 aliphatic carbocycles. The lowest BCUT2D eigenvalue weighted by Gasteiger charge is -2.27. The van der Waals surface area contributed by atoms with Crippen molar-refractivity contribution in [2.75, 3.05) is 13.2 Å². The first-order valence-electron chi connectivity index (χ1n) is 11.3. The van der Waals surface area contributed by atoms with E-state index in [1.807, 2.05) is 36.4 Å². The Hall–Kier alpha value is -3.19. The van der Waals surface area contributed by atoms with Crippen molar-refractivity contribution in [3.05, 3.63) is 59.7 Å². The highest BCUT2D eigenvalue weighted by molar-refractivity contribution is 6.02. The van der Waals surface area contributed by atoms with Crippen molar-refractivity contribution in [3.63, 3.8) is 0 Å². The fraction of sp³-hybridized carbons (Fsp3) is 0.423. The maximum Gasteiger partial charge on any atom is 0.411 e. The fourth-order valence-corrected chi connectivity index (χ4v) is 4.60. The van der Waals surface area contributed by atoms with E-state index in [1.165, 1.54) is 4.90 Å². The molecular formula is C26H30N2O5. The first-order valence-corrected chi connectivity index (χ1v) is 11.3. The van der Waals surface area contributed by atoms with Gasteiger partial charge in [0.25, 0.3) is 0 Å². The Morgan fingerprint density at radius 2 is 1.61 bits per heavy atom. The van der Waals surface area contributed by atoms with Crippen LogP contribution in [0.1, 0.15) is 50.7 Å². The van der Waals surface area contributed by atoms with Gasteiger partial charge >= 0.3 is 12.1 Å². The Morgan fingerprint density at radius 3 is 2.18 bits per heavy atom. The summed E-state index contributed by atoms with van der Waals surface area (Å²) >= 11 is 0. The lowest BCUT2D eigenvalue weighted by molar-refractivity contribution is -0.162. The van der Waals surface area contributed by atoms with Crippen LogP contribution in [0.3, 0.4) is 0 Å². The van der Waals surface area contributed by atoms with E-state index in [2.05, 4.69) is 12.1 Å². The molecule has 1 saturated heterocycles. The summed E-state index contributed by atoms with van der Waals surface area (Å²) in [6, 6.07) is 16.1. The Morgan fingerprint density at radius 1 is 1.03 bits per heavy atom. The largest absolute Gasteiger partial charge is 0.459 e. The molecule has 0 saturated carbocycles. The van der Waals surface area contributed by atoms with Crippen molar-refractivity contribution in [2.24, 2.45) is 11.7 Å². The molecule has 4 rings (SSSR count). The molecule has 7 nitrogen and oxygen atoms in total. The Kier molecular flexibility index (Phi) is 6.26. The van der Waals surface area contributed by atoms with Crippen LogP contribution in [0.4, 0.5) is 4.79 Å². The molecule has 2 atom stereocenters. The van der Waals surface area contributed by atoms with Crippen LogP contribution in [-0.2, 0) is 19.1 Å². The maximum absolute atomic E-state index is 12.9. The minimum atomic E-state index is -1.25. The number of hydrogen-bond acceptors (Lipinski definition) is 6. The van der Waals surface area contributed by atoms with Crippen LogP contribution in [0, 0.1) is 5.92 Å². The molecule has 1 fully saturated rings.